The number of hydrogen-bond acceptors (Lipinski definition) is 1. The number of unbranched alkanes of at least 4 members (excludes halogenated alkanes) is 1. The number of hydrogen-bond donors (Lipinski definition) is 0. The molecule has 0 aliphatic carbocycles. The van der Waals surface area contributed by atoms with Gasteiger partial charge in [0.25, 0.3) is 0 Å². The van der Waals surface area contributed by atoms with Gasteiger partial charge in [-0.1, -0.05) is 59.5 Å². The molecule has 0 spiro atoms. The minimum atomic E-state index is -1.58. The lowest BCUT2D eigenvalue weighted by molar-refractivity contribution is 0.290. The van der Waals surface area contributed by atoms with Crippen molar-refractivity contribution in [2.75, 3.05) is 0 Å². The van der Waals surface area contributed by atoms with Gasteiger partial charge in [0, 0.05) is 5.41 Å². The molecule has 0 radical (unpaired) electrons. The zero-order chi connectivity index (χ0) is 16.2. The fraction of sp³-hybridized carbons (Fsp3) is 0.824. The Hall–Kier alpha value is -0.246. The van der Waals surface area contributed by atoms with Crippen LogP contribution in [0.5, 0.6) is 0 Å². The van der Waals surface area contributed by atoms with Crippen molar-refractivity contribution in [3.05, 3.63) is 16.7 Å². The minimum Gasteiger partial charge on any atom is -0.541 e. The van der Waals surface area contributed by atoms with Crippen LogP contribution in [0.1, 0.15) is 47.0 Å². The maximum atomic E-state index is 6.35. The zero-order valence-corrected chi connectivity index (χ0v) is 17.5. The number of allylic oxidation sites excluding steroid dienone is 1. The van der Waals surface area contributed by atoms with Gasteiger partial charge >= 0.3 is 0 Å². The largest absolute Gasteiger partial charge is 0.541 e. The van der Waals surface area contributed by atoms with Crippen molar-refractivity contribution < 1.29 is 4.43 Å². The summed E-state index contributed by atoms with van der Waals surface area (Å²) in [7, 11) is -2.91. The van der Waals surface area contributed by atoms with Crippen molar-refractivity contribution in [2.45, 2.75) is 86.2 Å². The second kappa shape index (κ2) is 7.15. The molecule has 0 amide bonds. The Morgan fingerprint density at radius 3 is 1.80 bits per heavy atom. The normalized spacial score (nSPS) is 12.9. The van der Waals surface area contributed by atoms with Gasteiger partial charge < -0.3 is 4.43 Å². The number of rotatable bonds is 6. The third kappa shape index (κ3) is 8.13. The SMILES string of the molecule is CCCCC(=C=C(O[Si](C)(C)C)C(C)(C)C)[Si](C)(C)C. The Bertz CT molecular complexity index is 369. The van der Waals surface area contributed by atoms with E-state index in [0.717, 1.165) is 5.76 Å². The van der Waals surface area contributed by atoms with E-state index in [-0.39, 0.29) is 5.41 Å². The smallest absolute Gasteiger partial charge is 0.242 e. The Balaban J connectivity index is 5.81. The molecule has 0 aliphatic rings. The van der Waals surface area contributed by atoms with E-state index in [1.54, 1.807) is 0 Å². The summed E-state index contributed by atoms with van der Waals surface area (Å²) < 4.78 is 6.35. The van der Waals surface area contributed by atoms with E-state index in [2.05, 4.69) is 72.7 Å². The predicted molar refractivity (Wildman–Crippen MR) is 97.3 cm³/mol. The van der Waals surface area contributed by atoms with Crippen LogP contribution < -0.4 is 0 Å². The first-order valence-electron chi connectivity index (χ1n) is 7.97. The molecule has 0 aromatic rings. The lowest BCUT2D eigenvalue weighted by atomic mass is 9.94. The van der Waals surface area contributed by atoms with Crippen LogP contribution in [-0.2, 0) is 4.43 Å². The summed E-state index contributed by atoms with van der Waals surface area (Å²) in [6.07, 6.45) is 3.69. The standard InChI is InChI=1S/C17H36OSi2/c1-11-12-13-15(19(5,6)7)14-16(17(2,3)4)18-20(8,9)10/h11-13H2,1-10H3. The fourth-order valence-electron chi connectivity index (χ4n) is 1.79. The first-order chi connectivity index (χ1) is 8.77. The molecule has 0 aromatic carbocycles. The Morgan fingerprint density at radius 1 is 1.00 bits per heavy atom. The van der Waals surface area contributed by atoms with Crippen LogP contribution in [0.3, 0.4) is 0 Å². The third-order valence-corrected chi connectivity index (χ3v) is 6.04. The van der Waals surface area contributed by atoms with Crippen molar-refractivity contribution in [1.29, 1.82) is 0 Å². The Kier molecular flexibility index (Phi) is 7.06. The van der Waals surface area contributed by atoms with Gasteiger partial charge in [0.1, 0.15) is 5.76 Å². The molecule has 0 saturated carbocycles. The lowest BCUT2D eigenvalue weighted by Gasteiger charge is -2.30. The topological polar surface area (TPSA) is 9.23 Å². The maximum absolute atomic E-state index is 6.35. The molecule has 0 bridgehead atoms. The molecule has 20 heavy (non-hydrogen) atoms. The van der Waals surface area contributed by atoms with E-state index in [1.165, 1.54) is 24.5 Å². The van der Waals surface area contributed by atoms with Gasteiger partial charge in [-0.2, -0.15) is 0 Å². The van der Waals surface area contributed by atoms with Gasteiger partial charge in [-0.15, -0.1) is 0 Å². The molecule has 3 heteroatoms. The van der Waals surface area contributed by atoms with Crippen molar-refractivity contribution in [2.24, 2.45) is 5.41 Å². The van der Waals surface area contributed by atoms with Crippen LogP contribution in [0.2, 0.25) is 39.3 Å². The highest BCUT2D eigenvalue weighted by Crippen LogP contribution is 2.30. The molecule has 1 nitrogen and oxygen atoms in total. The quantitative estimate of drug-likeness (QED) is 0.315. The highest BCUT2D eigenvalue weighted by molar-refractivity contribution is 6.83. The molecule has 0 saturated heterocycles. The van der Waals surface area contributed by atoms with Crippen LogP contribution >= 0.6 is 0 Å². The van der Waals surface area contributed by atoms with E-state index >= 15 is 0 Å². The summed E-state index contributed by atoms with van der Waals surface area (Å²) in [5.41, 5.74) is 3.77. The summed E-state index contributed by atoms with van der Waals surface area (Å²) >= 11 is 0. The molecule has 0 N–H and O–H groups in total. The summed E-state index contributed by atoms with van der Waals surface area (Å²) in [5.74, 6) is 1.07. The molecule has 0 rings (SSSR count). The third-order valence-electron chi connectivity index (χ3n) is 3.04. The van der Waals surface area contributed by atoms with E-state index in [4.69, 9.17) is 4.43 Å². The monoisotopic (exact) mass is 312 g/mol. The Labute approximate surface area is 129 Å². The summed E-state index contributed by atoms with van der Waals surface area (Å²) in [4.78, 5) is 0. The van der Waals surface area contributed by atoms with Gasteiger partial charge in [-0.05, 0) is 37.7 Å². The molecule has 0 atom stereocenters. The molecule has 0 fully saturated rings. The van der Waals surface area contributed by atoms with Gasteiger partial charge in [0.05, 0.1) is 8.07 Å². The van der Waals surface area contributed by atoms with Crippen LogP contribution in [0, 0.1) is 5.41 Å². The molecule has 118 valence electrons. The van der Waals surface area contributed by atoms with Crippen molar-refractivity contribution >= 4 is 16.4 Å². The first kappa shape index (κ1) is 19.8. The minimum absolute atomic E-state index is 0.0391. The second-order valence-corrected chi connectivity index (χ2v) is 18.3. The van der Waals surface area contributed by atoms with E-state index < -0.39 is 16.4 Å². The molecule has 0 aromatic heterocycles. The van der Waals surface area contributed by atoms with Gasteiger partial charge in [-0.3, -0.25) is 0 Å². The molecule has 0 unspecified atom stereocenters. The van der Waals surface area contributed by atoms with Crippen LogP contribution in [0.4, 0.5) is 0 Å². The highest BCUT2D eigenvalue weighted by atomic mass is 28.4. The average molecular weight is 313 g/mol. The predicted octanol–water partition coefficient (Wildman–Crippen LogP) is 6.36. The molecule has 0 aliphatic heterocycles. The molecular formula is C17H36OSi2. The Morgan fingerprint density at radius 2 is 1.50 bits per heavy atom. The first-order valence-corrected chi connectivity index (χ1v) is 14.9. The van der Waals surface area contributed by atoms with Crippen molar-refractivity contribution in [1.82, 2.24) is 0 Å². The van der Waals surface area contributed by atoms with Crippen molar-refractivity contribution in [3.8, 4) is 0 Å². The fourth-order valence-corrected chi connectivity index (χ4v) is 4.17. The van der Waals surface area contributed by atoms with Crippen molar-refractivity contribution in [3.63, 3.8) is 0 Å². The van der Waals surface area contributed by atoms with Gasteiger partial charge in [-0.25, -0.2) is 0 Å². The maximum Gasteiger partial charge on any atom is 0.242 e. The highest BCUT2D eigenvalue weighted by Gasteiger charge is 2.27. The van der Waals surface area contributed by atoms with Crippen LogP contribution in [-0.4, -0.2) is 16.4 Å². The lowest BCUT2D eigenvalue weighted by Crippen LogP contribution is -2.30. The van der Waals surface area contributed by atoms with Crippen LogP contribution in [0.15, 0.2) is 16.7 Å². The summed E-state index contributed by atoms with van der Waals surface area (Å²) in [6.45, 7) is 23.0. The average Bonchev–Trinajstić information content (AvgIpc) is 2.17. The van der Waals surface area contributed by atoms with Crippen LogP contribution in [0.25, 0.3) is 0 Å². The van der Waals surface area contributed by atoms with E-state index in [1.807, 2.05) is 0 Å². The summed E-state index contributed by atoms with van der Waals surface area (Å²) in [6, 6.07) is 0. The second-order valence-electron chi connectivity index (χ2n) is 8.75. The van der Waals surface area contributed by atoms with Gasteiger partial charge in [0.2, 0.25) is 8.32 Å². The van der Waals surface area contributed by atoms with E-state index in [9.17, 15) is 0 Å². The summed E-state index contributed by atoms with van der Waals surface area (Å²) in [5, 5.41) is 1.53. The van der Waals surface area contributed by atoms with Gasteiger partial charge in [0.15, 0.2) is 0 Å². The molecular weight excluding hydrogens is 276 g/mol. The zero-order valence-electron chi connectivity index (χ0n) is 15.5. The molecule has 0 heterocycles. The van der Waals surface area contributed by atoms with E-state index in [0.29, 0.717) is 0 Å².